The number of rotatable bonds is 10. The number of aliphatic carboxylic acids is 1. The number of nitrogens with one attached hydrogen (secondary N) is 2. The van der Waals surface area contributed by atoms with Crippen LogP contribution in [0.1, 0.15) is 70.4 Å². The van der Waals surface area contributed by atoms with Crippen molar-refractivity contribution < 1.29 is 19.5 Å². The summed E-state index contributed by atoms with van der Waals surface area (Å²) < 4.78 is 0. The molecule has 1 aromatic carbocycles. The zero-order valence-corrected chi connectivity index (χ0v) is 21.2. The monoisotopic (exact) mass is 468 g/mol. The summed E-state index contributed by atoms with van der Waals surface area (Å²) in [6.45, 7) is 10.2. The van der Waals surface area contributed by atoms with Gasteiger partial charge in [0.1, 0.15) is 5.76 Å². The number of amides is 1. The molecule has 4 rings (SSSR count). The zero-order chi connectivity index (χ0) is 24.6. The summed E-state index contributed by atoms with van der Waals surface area (Å²) in [4.78, 5) is 31.2. The molecule has 34 heavy (non-hydrogen) atoms. The van der Waals surface area contributed by atoms with E-state index in [1.807, 2.05) is 32.0 Å². The molecular weight excluding hydrogens is 428 g/mol. The van der Waals surface area contributed by atoms with E-state index in [0.717, 1.165) is 54.2 Å². The van der Waals surface area contributed by atoms with Gasteiger partial charge in [-0.3, -0.25) is 9.59 Å². The molecule has 6 heteroatoms. The first kappa shape index (κ1) is 24.8. The summed E-state index contributed by atoms with van der Waals surface area (Å²) in [6.07, 6.45) is 5.90. The molecule has 0 bridgehead atoms. The highest BCUT2D eigenvalue weighted by atomic mass is 16.7. The normalized spacial score (nSPS) is 26.1. The molecule has 0 spiro atoms. The average molecular weight is 469 g/mol. The van der Waals surface area contributed by atoms with Gasteiger partial charge in [0.25, 0.3) is 0 Å². The SMILES string of the molecule is Cc1ccc(NC(=O)CC(C(C)C(=O)O)C2NOC(C3CC(CC(C)C)C3)=C2C2CC2)c(C)c1. The van der Waals surface area contributed by atoms with Crippen LogP contribution in [0.5, 0.6) is 0 Å². The number of aryl methyl sites for hydroxylation is 2. The van der Waals surface area contributed by atoms with Crippen LogP contribution < -0.4 is 10.8 Å². The maximum atomic E-state index is 13.1. The molecule has 186 valence electrons. The number of carboxylic acids is 1. The van der Waals surface area contributed by atoms with Gasteiger partial charge in [0, 0.05) is 23.9 Å². The number of allylic oxidation sites excluding steroid dienone is 1. The Bertz CT molecular complexity index is 959. The van der Waals surface area contributed by atoms with Crippen LogP contribution in [0.15, 0.2) is 29.5 Å². The molecule has 0 aromatic heterocycles. The number of benzene rings is 1. The molecule has 3 aliphatic rings. The van der Waals surface area contributed by atoms with Gasteiger partial charge < -0.3 is 15.3 Å². The van der Waals surface area contributed by atoms with E-state index in [0.29, 0.717) is 17.8 Å². The largest absolute Gasteiger partial charge is 0.481 e. The predicted octanol–water partition coefficient (Wildman–Crippen LogP) is 5.61. The highest BCUT2D eigenvalue weighted by molar-refractivity contribution is 5.92. The summed E-state index contributed by atoms with van der Waals surface area (Å²) >= 11 is 0. The second-order valence-corrected chi connectivity index (χ2v) is 11.3. The molecule has 3 unspecified atom stereocenters. The van der Waals surface area contributed by atoms with Crippen molar-refractivity contribution in [3.63, 3.8) is 0 Å². The van der Waals surface area contributed by atoms with E-state index in [1.54, 1.807) is 6.92 Å². The van der Waals surface area contributed by atoms with Crippen molar-refractivity contribution >= 4 is 17.6 Å². The van der Waals surface area contributed by atoms with Crippen LogP contribution in [0.3, 0.4) is 0 Å². The summed E-state index contributed by atoms with van der Waals surface area (Å²) in [5, 5.41) is 12.9. The van der Waals surface area contributed by atoms with Crippen molar-refractivity contribution in [2.24, 2.45) is 35.5 Å². The predicted molar refractivity (Wildman–Crippen MR) is 133 cm³/mol. The van der Waals surface area contributed by atoms with E-state index < -0.39 is 11.9 Å². The highest BCUT2D eigenvalue weighted by Gasteiger charge is 2.48. The smallest absolute Gasteiger partial charge is 0.306 e. The number of hydrogen-bond acceptors (Lipinski definition) is 4. The molecular formula is C28H40N2O4. The molecule has 2 saturated carbocycles. The second-order valence-electron chi connectivity index (χ2n) is 11.3. The first-order valence-electron chi connectivity index (χ1n) is 12.9. The molecule has 6 nitrogen and oxygen atoms in total. The third kappa shape index (κ3) is 5.48. The van der Waals surface area contributed by atoms with E-state index in [4.69, 9.17) is 4.84 Å². The van der Waals surface area contributed by atoms with E-state index in [1.165, 1.54) is 12.0 Å². The fourth-order valence-electron chi connectivity index (χ4n) is 5.83. The van der Waals surface area contributed by atoms with Gasteiger partial charge >= 0.3 is 5.97 Å². The summed E-state index contributed by atoms with van der Waals surface area (Å²) in [5.41, 5.74) is 7.34. The van der Waals surface area contributed by atoms with Crippen molar-refractivity contribution in [2.75, 3.05) is 5.32 Å². The van der Waals surface area contributed by atoms with Crippen LogP contribution >= 0.6 is 0 Å². The van der Waals surface area contributed by atoms with E-state index in [2.05, 4.69) is 24.6 Å². The molecule has 0 saturated heterocycles. The quantitative estimate of drug-likeness (QED) is 0.415. The van der Waals surface area contributed by atoms with Gasteiger partial charge in [-0.2, -0.15) is 0 Å². The van der Waals surface area contributed by atoms with Crippen LogP contribution in [-0.4, -0.2) is 23.0 Å². The van der Waals surface area contributed by atoms with Gasteiger partial charge in [0.05, 0.1) is 12.0 Å². The van der Waals surface area contributed by atoms with Gasteiger partial charge in [0.15, 0.2) is 0 Å². The molecule has 2 fully saturated rings. The minimum atomic E-state index is -0.879. The van der Waals surface area contributed by atoms with Gasteiger partial charge in [-0.25, -0.2) is 0 Å². The Morgan fingerprint density at radius 3 is 2.44 bits per heavy atom. The third-order valence-corrected chi connectivity index (χ3v) is 7.88. The molecule has 3 atom stereocenters. The Hall–Kier alpha value is -2.34. The van der Waals surface area contributed by atoms with Crippen LogP contribution in [0, 0.1) is 49.4 Å². The first-order valence-corrected chi connectivity index (χ1v) is 12.9. The highest BCUT2D eigenvalue weighted by Crippen LogP contribution is 2.51. The standard InChI is InChI=1S/C28H40N2O4/c1-15(2)10-19-12-21(13-19)27-25(20-7-8-20)26(30-34-27)22(18(5)28(32)33)14-24(31)29-23-9-6-16(3)11-17(23)4/h6,9,11,15,18-22,26,30H,7-8,10,12-14H2,1-5H3,(H,29,31)(H,32,33). The molecule has 3 N–H and O–H groups in total. The number of carboxylic acid groups (broad SMARTS) is 1. The Labute approximate surface area is 203 Å². The molecule has 1 aromatic rings. The zero-order valence-electron chi connectivity index (χ0n) is 21.2. The van der Waals surface area contributed by atoms with Gasteiger partial charge in [-0.05, 0) is 80.9 Å². The summed E-state index contributed by atoms with van der Waals surface area (Å²) in [6, 6.07) is 5.68. The second kappa shape index (κ2) is 10.1. The van der Waals surface area contributed by atoms with Crippen molar-refractivity contribution in [3.8, 4) is 0 Å². The maximum Gasteiger partial charge on any atom is 0.306 e. The fourth-order valence-corrected chi connectivity index (χ4v) is 5.83. The summed E-state index contributed by atoms with van der Waals surface area (Å²) in [7, 11) is 0. The third-order valence-electron chi connectivity index (χ3n) is 7.88. The van der Waals surface area contributed by atoms with Gasteiger partial charge in [-0.15, -0.1) is 5.48 Å². The van der Waals surface area contributed by atoms with E-state index in [9.17, 15) is 14.7 Å². The topological polar surface area (TPSA) is 87.7 Å². The minimum absolute atomic E-state index is 0.131. The first-order chi connectivity index (χ1) is 16.1. The number of carbonyl (C=O) groups is 2. The Morgan fingerprint density at radius 1 is 1.15 bits per heavy atom. The minimum Gasteiger partial charge on any atom is -0.481 e. The van der Waals surface area contributed by atoms with Crippen LogP contribution in [0.25, 0.3) is 0 Å². The van der Waals surface area contributed by atoms with Crippen molar-refractivity contribution in [2.45, 2.75) is 79.2 Å². The lowest BCUT2D eigenvalue weighted by atomic mass is 9.69. The fraction of sp³-hybridized carbons (Fsp3) is 0.643. The molecule has 1 heterocycles. The lowest BCUT2D eigenvalue weighted by molar-refractivity contribution is -0.143. The van der Waals surface area contributed by atoms with Gasteiger partial charge in [-0.1, -0.05) is 38.5 Å². The van der Waals surface area contributed by atoms with Gasteiger partial charge in [0.2, 0.25) is 5.91 Å². The Morgan fingerprint density at radius 2 is 1.85 bits per heavy atom. The number of hydroxylamine groups is 1. The molecule has 0 radical (unpaired) electrons. The maximum absolute atomic E-state index is 13.1. The number of carbonyl (C=O) groups excluding carboxylic acids is 1. The van der Waals surface area contributed by atoms with E-state index >= 15 is 0 Å². The van der Waals surface area contributed by atoms with Crippen molar-refractivity contribution in [1.82, 2.24) is 5.48 Å². The molecule has 1 amide bonds. The van der Waals surface area contributed by atoms with Crippen molar-refractivity contribution in [3.05, 3.63) is 40.7 Å². The van der Waals surface area contributed by atoms with E-state index in [-0.39, 0.29) is 24.3 Å². The molecule has 2 aliphatic carbocycles. The molecule has 1 aliphatic heterocycles. The number of hydrogen-bond donors (Lipinski definition) is 3. The van der Waals surface area contributed by atoms with Crippen LogP contribution in [-0.2, 0) is 14.4 Å². The lowest BCUT2D eigenvalue weighted by Crippen LogP contribution is -2.41. The summed E-state index contributed by atoms with van der Waals surface area (Å²) in [5.74, 6) is 1.27. The Balaban J connectivity index is 1.51. The average Bonchev–Trinajstić information content (AvgIpc) is 3.49. The van der Waals surface area contributed by atoms with Crippen LogP contribution in [0.2, 0.25) is 0 Å². The van der Waals surface area contributed by atoms with Crippen LogP contribution in [0.4, 0.5) is 5.69 Å². The van der Waals surface area contributed by atoms with Crippen molar-refractivity contribution in [1.29, 1.82) is 0 Å². The Kier molecular flexibility index (Phi) is 7.36. The number of anilines is 1. The lowest BCUT2D eigenvalue weighted by Gasteiger charge is -2.36.